The number of hydrogen-bond acceptors (Lipinski definition) is 2. The lowest BCUT2D eigenvalue weighted by Gasteiger charge is -2.13. The zero-order valence-corrected chi connectivity index (χ0v) is 9.37. The van der Waals surface area contributed by atoms with Gasteiger partial charge >= 0.3 is 5.97 Å². The number of rotatable bonds is 3. The molecule has 0 aliphatic heterocycles. The predicted molar refractivity (Wildman–Crippen MR) is 60.0 cm³/mol. The minimum Gasteiger partial charge on any atom is -0.480 e. The Kier molecular flexibility index (Phi) is 3.48. The fourth-order valence-corrected chi connectivity index (χ4v) is 1.84. The zero-order chi connectivity index (χ0) is 11.6. The number of hydrogen-bond donors (Lipinski definition) is 2. The van der Waals surface area contributed by atoms with E-state index in [0.717, 1.165) is 16.7 Å². The van der Waals surface area contributed by atoms with Crippen LogP contribution in [-0.4, -0.2) is 17.1 Å². The van der Waals surface area contributed by atoms with Gasteiger partial charge in [0.1, 0.15) is 6.04 Å². The molecule has 0 aliphatic carbocycles. The lowest BCUT2D eigenvalue weighted by molar-refractivity contribution is -0.138. The van der Waals surface area contributed by atoms with Gasteiger partial charge in [0.25, 0.3) is 0 Å². The molecule has 82 valence electrons. The largest absolute Gasteiger partial charge is 0.480 e. The van der Waals surface area contributed by atoms with Crippen molar-refractivity contribution in [1.82, 2.24) is 0 Å². The van der Waals surface area contributed by atoms with E-state index in [1.807, 2.05) is 20.8 Å². The summed E-state index contributed by atoms with van der Waals surface area (Å²) in [4.78, 5) is 10.7. The Morgan fingerprint density at radius 3 is 2.20 bits per heavy atom. The first-order valence-corrected chi connectivity index (χ1v) is 4.97. The Bertz CT molecular complexity index is 362. The van der Waals surface area contributed by atoms with Crippen molar-refractivity contribution in [2.75, 3.05) is 0 Å². The van der Waals surface area contributed by atoms with Gasteiger partial charge in [0.15, 0.2) is 0 Å². The van der Waals surface area contributed by atoms with Crippen LogP contribution in [0.1, 0.15) is 22.3 Å². The van der Waals surface area contributed by atoms with Gasteiger partial charge in [0, 0.05) is 0 Å². The molecule has 3 nitrogen and oxygen atoms in total. The van der Waals surface area contributed by atoms with Crippen molar-refractivity contribution in [2.45, 2.75) is 33.2 Å². The highest BCUT2D eigenvalue weighted by molar-refractivity contribution is 5.73. The summed E-state index contributed by atoms with van der Waals surface area (Å²) in [6, 6.07) is 3.29. The maximum atomic E-state index is 10.7. The highest BCUT2D eigenvalue weighted by Crippen LogP contribution is 2.17. The summed E-state index contributed by atoms with van der Waals surface area (Å²) in [5, 5.41) is 8.75. The molecule has 0 amide bonds. The summed E-state index contributed by atoms with van der Waals surface area (Å²) in [6.45, 7) is 6.01. The Morgan fingerprint density at radius 2 is 1.80 bits per heavy atom. The number of carbonyl (C=O) groups is 1. The number of aryl methyl sites for hydroxylation is 3. The molecule has 1 aromatic carbocycles. The molecule has 0 bridgehead atoms. The number of carboxylic acid groups (broad SMARTS) is 1. The van der Waals surface area contributed by atoms with Crippen molar-refractivity contribution in [3.8, 4) is 0 Å². The highest BCUT2D eigenvalue weighted by atomic mass is 16.4. The highest BCUT2D eigenvalue weighted by Gasteiger charge is 2.14. The van der Waals surface area contributed by atoms with E-state index in [9.17, 15) is 4.79 Å². The van der Waals surface area contributed by atoms with Crippen LogP contribution in [-0.2, 0) is 11.2 Å². The Hall–Kier alpha value is -1.35. The van der Waals surface area contributed by atoms with Crippen LogP contribution < -0.4 is 5.73 Å². The van der Waals surface area contributed by atoms with Gasteiger partial charge in [-0.25, -0.2) is 0 Å². The molecule has 0 saturated heterocycles. The maximum absolute atomic E-state index is 10.7. The number of nitrogens with two attached hydrogens (primary N) is 1. The quantitative estimate of drug-likeness (QED) is 0.790. The summed E-state index contributed by atoms with van der Waals surface area (Å²) in [5.41, 5.74) is 10.00. The second kappa shape index (κ2) is 4.45. The van der Waals surface area contributed by atoms with E-state index in [1.54, 1.807) is 0 Å². The third-order valence-electron chi connectivity index (χ3n) is 2.58. The third kappa shape index (κ3) is 2.80. The van der Waals surface area contributed by atoms with E-state index >= 15 is 0 Å². The van der Waals surface area contributed by atoms with Gasteiger partial charge in [0.2, 0.25) is 0 Å². The van der Waals surface area contributed by atoms with Crippen LogP contribution in [0.2, 0.25) is 0 Å². The monoisotopic (exact) mass is 207 g/mol. The van der Waals surface area contributed by atoms with Crippen molar-refractivity contribution in [1.29, 1.82) is 0 Å². The molecule has 15 heavy (non-hydrogen) atoms. The SMILES string of the molecule is Cc1cc(C)c(CC(N)C(=O)O)c(C)c1. The van der Waals surface area contributed by atoms with Crippen molar-refractivity contribution in [3.05, 3.63) is 34.4 Å². The van der Waals surface area contributed by atoms with E-state index in [4.69, 9.17) is 10.8 Å². The van der Waals surface area contributed by atoms with Crippen molar-refractivity contribution in [2.24, 2.45) is 5.73 Å². The van der Waals surface area contributed by atoms with E-state index in [-0.39, 0.29) is 0 Å². The van der Waals surface area contributed by atoms with Gasteiger partial charge in [-0.2, -0.15) is 0 Å². The van der Waals surface area contributed by atoms with Crippen molar-refractivity contribution in [3.63, 3.8) is 0 Å². The lowest BCUT2D eigenvalue weighted by Crippen LogP contribution is -2.32. The van der Waals surface area contributed by atoms with Gasteiger partial charge in [0.05, 0.1) is 0 Å². The molecule has 1 aromatic rings. The minimum absolute atomic E-state index is 0.396. The van der Waals surface area contributed by atoms with Crippen LogP contribution in [0.4, 0.5) is 0 Å². The minimum atomic E-state index is -0.950. The number of aliphatic carboxylic acids is 1. The number of carboxylic acids is 1. The molecule has 0 aliphatic rings. The van der Waals surface area contributed by atoms with E-state index in [0.29, 0.717) is 6.42 Å². The third-order valence-corrected chi connectivity index (χ3v) is 2.58. The van der Waals surface area contributed by atoms with Gasteiger partial charge < -0.3 is 10.8 Å². The van der Waals surface area contributed by atoms with Crippen molar-refractivity contribution >= 4 is 5.97 Å². The molecular formula is C12H17NO2. The predicted octanol–water partition coefficient (Wildman–Crippen LogP) is 1.57. The molecule has 0 radical (unpaired) electrons. The molecule has 1 rings (SSSR count). The number of benzene rings is 1. The fraction of sp³-hybridized carbons (Fsp3) is 0.417. The molecule has 1 atom stereocenters. The smallest absolute Gasteiger partial charge is 0.320 e. The summed E-state index contributed by atoms with van der Waals surface area (Å²) < 4.78 is 0. The first-order valence-electron chi connectivity index (χ1n) is 4.97. The van der Waals surface area contributed by atoms with Gasteiger partial charge in [-0.3, -0.25) is 4.79 Å². The van der Waals surface area contributed by atoms with Crippen molar-refractivity contribution < 1.29 is 9.90 Å². The Labute approximate surface area is 89.9 Å². The summed E-state index contributed by atoms with van der Waals surface area (Å²) in [5.74, 6) is -0.950. The maximum Gasteiger partial charge on any atom is 0.320 e. The molecule has 0 aromatic heterocycles. The Balaban J connectivity index is 3.00. The average molecular weight is 207 g/mol. The van der Waals surface area contributed by atoms with Crippen LogP contribution in [0, 0.1) is 20.8 Å². The van der Waals surface area contributed by atoms with Crippen LogP contribution in [0.25, 0.3) is 0 Å². The van der Waals surface area contributed by atoms with Crippen LogP contribution in [0.3, 0.4) is 0 Å². The first kappa shape index (κ1) is 11.7. The topological polar surface area (TPSA) is 63.3 Å². The molecule has 0 spiro atoms. The first-order chi connectivity index (χ1) is 6.91. The van der Waals surface area contributed by atoms with E-state index in [2.05, 4.69) is 12.1 Å². The zero-order valence-electron chi connectivity index (χ0n) is 9.37. The lowest BCUT2D eigenvalue weighted by atomic mass is 9.95. The van der Waals surface area contributed by atoms with Gasteiger partial charge in [-0.1, -0.05) is 17.7 Å². The molecule has 0 saturated carbocycles. The van der Waals surface area contributed by atoms with Crippen LogP contribution in [0.5, 0.6) is 0 Å². The molecular weight excluding hydrogens is 190 g/mol. The molecule has 0 heterocycles. The van der Waals surface area contributed by atoms with E-state index in [1.165, 1.54) is 5.56 Å². The molecule has 1 unspecified atom stereocenters. The molecule has 0 fully saturated rings. The summed E-state index contributed by atoms with van der Waals surface area (Å²) >= 11 is 0. The summed E-state index contributed by atoms with van der Waals surface area (Å²) in [7, 11) is 0. The normalized spacial score (nSPS) is 12.5. The summed E-state index contributed by atoms with van der Waals surface area (Å²) in [6.07, 6.45) is 0.396. The second-order valence-electron chi connectivity index (χ2n) is 4.03. The standard InChI is InChI=1S/C12H17NO2/c1-7-4-8(2)10(9(3)5-7)6-11(13)12(14)15/h4-5,11H,6,13H2,1-3H3,(H,14,15). The van der Waals surface area contributed by atoms with E-state index < -0.39 is 12.0 Å². The molecule has 3 N–H and O–H groups in total. The second-order valence-corrected chi connectivity index (χ2v) is 4.03. The Morgan fingerprint density at radius 1 is 1.33 bits per heavy atom. The van der Waals surface area contributed by atoms with Crippen LogP contribution in [0.15, 0.2) is 12.1 Å². The van der Waals surface area contributed by atoms with Crippen LogP contribution >= 0.6 is 0 Å². The van der Waals surface area contributed by atoms with Gasteiger partial charge in [-0.05, 0) is 43.9 Å². The average Bonchev–Trinajstić information content (AvgIpc) is 2.10. The fourth-order valence-electron chi connectivity index (χ4n) is 1.84. The molecule has 3 heteroatoms. The van der Waals surface area contributed by atoms with Gasteiger partial charge in [-0.15, -0.1) is 0 Å².